The van der Waals surface area contributed by atoms with E-state index in [9.17, 15) is 9.90 Å². The Balaban J connectivity index is 2.84. The Hall–Kier alpha value is -1.16. The molecular formula is C20H37NO8Si2. The van der Waals surface area contributed by atoms with Gasteiger partial charge in [-0.1, -0.05) is 6.07 Å². The Kier molecular flexibility index (Phi) is 12.7. The Morgan fingerprint density at radius 3 is 1.68 bits per heavy atom. The Bertz CT molecular complexity index is 614. The van der Waals surface area contributed by atoms with Crippen molar-refractivity contribution in [2.75, 3.05) is 55.7 Å². The molecule has 0 saturated heterocycles. The zero-order valence-electron chi connectivity index (χ0n) is 19.5. The summed E-state index contributed by atoms with van der Waals surface area (Å²) in [7, 11) is 4.39. The number of aldehydes is 1. The number of aromatic hydroxyl groups is 1. The summed E-state index contributed by atoms with van der Waals surface area (Å²) < 4.78 is 33.1. The molecule has 178 valence electrons. The van der Waals surface area contributed by atoms with Gasteiger partial charge in [0.2, 0.25) is 0 Å². The average Bonchev–Trinajstić information content (AvgIpc) is 2.81. The molecule has 0 spiro atoms. The van der Waals surface area contributed by atoms with Crippen LogP contribution in [-0.4, -0.2) is 89.6 Å². The van der Waals surface area contributed by atoms with Gasteiger partial charge in [0.15, 0.2) is 6.29 Å². The number of carbonyl (C=O) groups excluding carboxylic acids is 1. The minimum absolute atomic E-state index is 0.0163. The van der Waals surface area contributed by atoms with Crippen molar-refractivity contribution >= 4 is 23.9 Å². The van der Waals surface area contributed by atoms with E-state index in [2.05, 4.69) is 4.90 Å². The van der Waals surface area contributed by atoms with Gasteiger partial charge in [-0.05, 0) is 43.6 Å². The number of hydrogen-bond acceptors (Lipinski definition) is 9. The highest BCUT2D eigenvalue weighted by Gasteiger charge is 2.38. The second kappa shape index (κ2) is 14.1. The number of benzene rings is 1. The van der Waals surface area contributed by atoms with Crippen LogP contribution in [0.5, 0.6) is 5.75 Å². The maximum Gasteiger partial charge on any atom is 0.500 e. The number of nitrogens with zero attached hydrogens (tertiary/aromatic N) is 1. The summed E-state index contributed by atoms with van der Waals surface area (Å²) in [5.41, 5.74) is 1.23. The summed E-state index contributed by atoms with van der Waals surface area (Å²) in [4.78, 5) is 13.5. The van der Waals surface area contributed by atoms with Crippen molar-refractivity contribution in [1.29, 1.82) is 0 Å². The first-order chi connectivity index (χ1) is 14.9. The number of phenolic OH excluding ortho intramolecular Hbond substituents is 1. The molecule has 1 rings (SSSR count). The van der Waals surface area contributed by atoms with Crippen LogP contribution in [0, 0.1) is 0 Å². The molecule has 0 atom stereocenters. The number of phenols is 1. The molecule has 0 unspecified atom stereocenters. The summed E-state index contributed by atoms with van der Waals surface area (Å²) in [5.74, 6) is -0.0163. The van der Waals surface area contributed by atoms with Crippen LogP contribution in [0.2, 0.25) is 12.1 Å². The van der Waals surface area contributed by atoms with Gasteiger partial charge < -0.3 is 31.7 Å². The SMILES string of the molecule is CO[Si](CCCN(CCC[Si](OC)(OC)OC)Cc1ccc(O)c(C=O)c1)(OC)OC. The zero-order valence-corrected chi connectivity index (χ0v) is 21.5. The van der Waals surface area contributed by atoms with Crippen molar-refractivity contribution in [2.24, 2.45) is 0 Å². The largest absolute Gasteiger partial charge is 0.507 e. The van der Waals surface area contributed by atoms with Crippen LogP contribution in [-0.2, 0) is 33.1 Å². The van der Waals surface area contributed by atoms with Crippen LogP contribution in [0.3, 0.4) is 0 Å². The number of rotatable bonds is 17. The fourth-order valence-corrected chi connectivity index (χ4v) is 6.88. The lowest BCUT2D eigenvalue weighted by Crippen LogP contribution is -2.44. The van der Waals surface area contributed by atoms with E-state index in [1.807, 2.05) is 6.07 Å². The van der Waals surface area contributed by atoms with Gasteiger partial charge in [-0.25, -0.2) is 0 Å². The molecule has 0 amide bonds. The van der Waals surface area contributed by atoms with Crippen molar-refractivity contribution in [1.82, 2.24) is 4.90 Å². The van der Waals surface area contributed by atoms with E-state index in [1.54, 1.807) is 54.8 Å². The topological polar surface area (TPSA) is 95.9 Å². The predicted molar refractivity (Wildman–Crippen MR) is 121 cm³/mol. The van der Waals surface area contributed by atoms with E-state index >= 15 is 0 Å². The van der Waals surface area contributed by atoms with Crippen molar-refractivity contribution in [2.45, 2.75) is 31.5 Å². The molecule has 0 aromatic heterocycles. The summed E-state index contributed by atoms with van der Waals surface area (Å²) >= 11 is 0. The van der Waals surface area contributed by atoms with Crippen LogP contribution in [0.15, 0.2) is 18.2 Å². The Morgan fingerprint density at radius 1 is 0.839 bits per heavy atom. The second-order valence-corrected chi connectivity index (χ2v) is 13.3. The fraction of sp³-hybridized carbons (Fsp3) is 0.650. The molecule has 0 radical (unpaired) electrons. The molecule has 0 aliphatic carbocycles. The maximum absolute atomic E-state index is 11.2. The summed E-state index contributed by atoms with van der Waals surface area (Å²) in [5, 5.41) is 9.77. The monoisotopic (exact) mass is 475 g/mol. The lowest BCUT2D eigenvalue weighted by Gasteiger charge is -2.28. The van der Waals surface area contributed by atoms with Gasteiger partial charge in [-0.15, -0.1) is 0 Å². The quantitative estimate of drug-likeness (QED) is 0.269. The highest BCUT2D eigenvalue weighted by Crippen LogP contribution is 2.21. The third-order valence-electron chi connectivity index (χ3n) is 5.41. The second-order valence-electron chi connectivity index (χ2n) is 7.09. The third kappa shape index (κ3) is 8.37. The molecule has 0 bridgehead atoms. The Labute approximate surface area is 187 Å². The molecule has 0 fully saturated rings. The first kappa shape index (κ1) is 27.9. The van der Waals surface area contributed by atoms with Crippen molar-refractivity contribution in [3.63, 3.8) is 0 Å². The highest BCUT2D eigenvalue weighted by molar-refractivity contribution is 6.60. The van der Waals surface area contributed by atoms with Gasteiger partial charge in [0.05, 0.1) is 5.56 Å². The normalized spacial score (nSPS) is 12.5. The molecule has 0 saturated carbocycles. The molecule has 0 heterocycles. The van der Waals surface area contributed by atoms with Gasteiger partial charge in [-0.2, -0.15) is 0 Å². The molecule has 0 aliphatic rings. The maximum atomic E-state index is 11.2. The fourth-order valence-electron chi connectivity index (χ4n) is 3.48. The van der Waals surface area contributed by atoms with Gasteiger partial charge in [-0.3, -0.25) is 9.69 Å². The Morgan fingerprint density at radius 2 is 1.29 bits per heavy atom. The molecule has 0 aliphatic heterocycles. The van der Waals surface area contributed by atoms with Crippen LogP contribution < -0.4 is 0 Å². The number of carbonyl (C=O) groups is 1. The van der Waals surface area contributed by atoms with E-state index in [-0.39, 0.29) is 11.3 Å². The smallest absolute Gasteiger partial charge is 0.500 e. The summed E-state index contributed by atoms with van der Waals surface area (Å²) in [6, 6.07) is 6.47. The number of hydrogen-bond donors (Lipinski definition) is 1. The average molecular weight is 476 g/mol. The lowest BCUT2D eigenvalue weighted by atomic mass is 10.1. The minimum atomic E-state index is -2.64. The van der Waals surface area contributed by atoms with Crippen LogP contribution >= 0.6 is 0 Å². The van der Waals surface area contributed by atoms with E-state index in [0.29, 0.717) is 24.9 Å². The predicted octanol–water partition coefficient (Wildman–Crippen LogP) is 2.54. The van der Waals surface area contributed by atoms with Crippen molar-refractivity contribution in [3.05, 3.63) is 29.3 Å². The van der Waals surface area contributed by atoms with E-state index in [0.717, 1.165) is 31.5 Å². The molecular weight excluding hydrogens is 438 g/mol. The molecule has 1 N–H and O–H groups in total. The highest BCUT2D eigenvalue weighted by atomic mass is 28.4. The van der Waals surface area contributed by atoms with Crippen molar-refractivity contribution < 1.29 is 36.5 Å². The van der Waals surface area contributed by atoms with Gasteiger partial charge in [0.1, 0.15) is 5.75 Å². The molecule has 9 nitrogen and oxygen atoms in total. The van der Waals surface area contributed by atoms with E-state index in [1.165, 1.54) is 0 Å². The first-order valence-corrected chi connectivity index (χ1v) is 14.0. The summed E-state index contributed by atoms with van der Waals surface area (Å²) in [6.07, 6.45) is 2.30. The van der Waals surface area contributed by atoms with Gasteiger partial charge in [0, 0.05) is 61.3 Å². The third-order valence-corrected chi connectivity index (χ3v) is 11.1. The summed E-state index contributed by atoms with van der Waals surface area (Å²) in [6.45, 7) is 2.19. The van der Waals surface area contributed by atoms with Gasteiger partial charge >= 0.3 is 17.6 Å². The van der Waals surface area contributed by atoms with Crippen LogP contribution in [0.1, 0.15) is 28.8 Å². The van der Waals surface area contributed by atoms with E-state index < -0.39 is 17.6 Å². The molecule has 1 aromatic rings. The molecule has 31 heavy (non-hydrogen) atoms. The lowest BCUT2D eigenvalue weighted by molar-refractivity contribution is 0.111. The van der Waals surface area contributed by atoms with Crippen molar-refractivity contribution in [3.8, 4) is 5.75 Å². The zero-order chi connectivity index (χ0) is 23.3. The van der Waals surface area contributed by atoms with E-state index in [4.69, 9.17) is 26.6 Å². The standard InChI is InChI=1S/C20H37NO8Si2/c1-24-30(25-2,26-3)13-7-11-21(12-8-14-31(27-4,28-5)29-6)16-18-9-10-20(23)19(15-18)17-22/h9-10,15,17,23H,7-8,11-14,16H2,1-6H3. The van der Waals surface area contributed by atoms with Crippen LogP contribution in [0.4, 0.5) is 0 Å². The minimum Gasteiger partial charge on any atom is -0.507 e. The van der Waals surface area contributed by atoms with Gasteiger partial charge in [0.25, 0.3) is 0 Å². The van der Waals surface area contributed by atoms with Crippen LogP contribution in [0.25, 0.3) is 0 Å². The first-order valence-electron chi connectivity index (χ1n) is 10.2. The molecule has 1 aromatic carbocycles. The molecule has 11 heteroatoms.